The Bertz CT molecular complexity index is 913. The van der Waals surface area contributed by atoms with Crippen molar-refractivity contribution >= 4 is 17.6 Å². The molecular formula is C18H15F3N2O6. The minimum atomic E-state index is -4.45. The summed E-state index contributed by atoms with van der Waals surface area (Å²) in [5, 5.41) is 13.5. The molecule has 154 valence electrons. The van der Waals surface area contributed by atoms with Crippen molar-refractivity contribution in [2.45, 2.75) is 12.7 Å². The van der Waals surface area contributed by atoms with E-state index in [9.17, 15) is 32.9 Å². The highest BCUT2D eigenvalue weighted by Gasteiger charge is 2.28. The summed E-state index contributed by atoms with van der Waals surface area (Å²) in [6.07, 6.45) is -4.45. The Hall–Kier alpha value is -3.63. The number of esters is 1. The maximum Gasteiger partial charge on any atom is 0.422 e. The fraction of sp³-hybridized carbons (Fsp3) is 0.222. The van der Waals surface area contributed by atoms with Crippen molar-refractivity contribution < 1.29 is 37.2 Å². The number of methoxy groups -OCH3 is 1. The average molecular weight is 412 g/mol. The molecule has 11 heteroatoms. The number of benzene rings is 2. The minimum Gasteiger partial charge on any atom is -0.484 e. The molecule has 0 saturated carbocycles. The normalized spacial score (nSPS) is 10.9. The average Bonchev–Trinajstić information content (AvgIpc) is 2.69. The number of nitrogens with one attached hydrogen (secondary N) is 1. The van der Waals surface area contributed by atoms with Crippen LogP contribution in [-0.2, 0) is 11.3 Å². The van der Waals surface area contributed by atoms with Crippen LogP contribution in [0.15, 0.2) is 42.5 Å². The van der Waals surface area contributed by atoms with Crippen LogP contribution >= 0.6 is 0 Å². The molecule has 8 nitrogen and oxygen atoms in total. The van der Waals surface area contributed by atoms with Crippen LogP contribution in [0.5, 0.6) is 5.75 Å². The smallest absolute Gasteiger partial charge is 0.422 e. The number of hydrogen-bond acceptors (Lipinski definition) is 6. The fourth-order valence-electron chi connectivity index (χ4n) is 2.24. The second-order valence-electron chi connectivity index (χ2n) is 5.75. The van der Waals surface area contributed by atoms with E-state index in [-0.39, 0.29) is 23.4 Å². The van der Waals surface area contributed by atoms with Crippen molar-refractivity contribution in [3.05, 3.63) is 69.3 Å². The van der Waals surface area contributed by atoms with E-state index in [1.807, 2.05) is 0 Å². The van der Waals surface area contributed by atoms with Gasteiger partial charge in [-0.2, -0.15) is 13.2 Å². The molecule has 0 atom stereocenters. The third-order valence-electron chi connectivity index (χ3n) is 3.59. The van der Waals surface area contributed by atoms with Gasteiger partial charge in [0.15, 0.2) is 6.61 Å². The molecule has 2 aromatic carbocycles. The zero-order valence-corrected chi connectivity index (χ0v) is 15.0. The molecule has 0 heterocycles. The number of carbonyl (C=O) groups is 2. The molecular weight excluding hydrogens is 397 g/mol. The van der Waals surface area contributed by atoms with Crippen LogP contribution in [0, 0.1) is 10.1 Å². The molecule has 1 amide bonds. The molecule has 2 rings (SSSR count). The predicted molar refractivity (Wildman–Crippen MR) is 93.6 cm³/mol. The first-order chi connectivity index (χ1) is 13.6. The van der Waals surface area contributed by atoms with Crippen LogP contribution in [0.1, 0.15) is 26.3 Å². The van der Waals surface area contributed by atoms with Crippen LogP contribution in [0.25, 0.3) is 0 Å². The first kappa shape index (κ1) is 21.7. The molecule has 0 spiro atoms. The molecule has 0 aromatic heterocycles. The van der Waals surface area contributed by atoms with Gasteiger partial charge in [0.25, 0.3) is 11.6 Å². The topological polar surface area (TPSA) is 108 Å². The first-order valence-electron chi connectivity index (χ1n) is 8.03. The standard InChI is InChI=1S/C18H15F3N2O6/c1-28-17(25)13-6-12(7-14(8-13)23(26)27)16(24)22-9-11-2-4-15(5-3-11)29-10-18(19,20)21/h2-8H,9-10H2,1H3,(H,22,24). The van der Waals surface area contributed by atoms with Crippen molar-refractivity contribution in [2.75, 3.05) is 13.7 Å². The van der Waals surface area contributed by atoms with Crippen LogP contribution in [0.2, 0.25) is 0 Å². The van der Waals surface area contributed by atoms with Gasteiger partial charge in [-0.25, -0.2) is 4.79 Å². The Kier molecular flexibility index (Phi) is 6.75. The van der Waals surface area contributed by atoms with Gasteiger partial charge in [0, 0.05) is 24.2 Å². The van der Waals surface area contributed by atoms with Crippen LogP contribution < -0.4 is 10.1 Å². The summed E-state index contributed by atoms with van der Waals surface area (Å²) in [5.74, 6) is -1.51. The van der Waals surface area contributed by atoms with Crippen molar-refractivity contribution in [3.63, 3.8) is 0 Å². The molecule has 2 aromatic rings. The number of nitro benzene ring substituents is 1. The second-order valence-corrected chi connectivity index (χ2v) is 5.75. The summed E-state index contributed by atoms with van der Waals surface area (Å²) in [6, 6.07) is 8.70. The summed E-state index contributed by atoms with van der Waals surface area (Å²) < 4.78 is 45.5. The lowest BCUT2D eigenvalue weighted by Crippen LogP contribution is -2.23. The van der Waals surface area contributed by atoms with Crippen molar-refractivity contribution in [1.29, 1.82) is 0 Å². The third-order valence-corrected chi connectivity index (χ3v) is 3.59. The summed E-state index contributed by atoms with van der Waals surface area (Å²) in [4.78, 5) is 34.2. The van der Waals surface area contributed by atoms with Crippen molar-refractivity contribution in [3.8, 4) is 5.75 Å². The van der Waals surface area contributed by atoms with E-state index < -0.39 is 35.3 Å². The first-order valence-corrected chi connectivity index (χ1v) is 8.03. The van der Waals surface area contributed by atoms with Crippen LogP contribution in [0.4, 0.5) is 18.9 Å². The molecule has 0 saturated heterocycles. The predicted octanol–water partition coefficient (Wildman–Crippen LogP) is 3.25. The Morgan fingerprint density at radius 3 is 2.28 bits per heavy atom. The molecule has 29 heavy (non-hydrogen) atoms. The largest absolute Gasteiger partial charge is 0.484 e. The molecule has 0 aliphatic carbocycles. The van der Waals surface area contributed by atoms with E-state index in [1.165, 1.54) is 24.3 Å². The number of ether oxygens (including phenoxy) is 2. The quantitative estimate of drug-likeness (QED) is 0.425. The maximum absolute atomic E-state index is 12.3. The zero-order valence-electron chi connectivity index (χ0n) is 15.0. The monoisotopic (exact) mass is 412 g/mol. The Morgan fingerprint density at radius 1 is 1.10 bits per heavy atom. The number of rotatable bonds is 7. The Labute approximate surface area is 162 Å². The number of nitrogens with zero attached hydrogens (tertiary/aromatic N) is 1. The third kappa shape index (κ3) is 6.48. The van der Waals surface area contributed by atoms with Crippen LogP contribution in [-0.4, -0.2) is 36.7 Å². The summed E-state index contributed by atoms with van der Waals surface area (Å²) >= 11 is 0. The van der Waals surface area contributed by atoms with Gasteiger partial charge in [-0.15, -0.1) is 0 Å². The van der Waals surface area contributed by atoms with E-state index in [0.29, 0.717) is 5.56 Å². The lowest BCUT2D eigenvalue weighted by molar-refractivity contribution is -0.384. The lowest BCUT2D eigenvalue weighted by atomic mass is 10.1. The second kappa shape index (κ2) is 9.04. The number of halogens is 3. The molecule has 0 radical (unpaired) electrons. The Balaban J connectivity index is 2.06. The van der Waals surface area contributed by atoms with Crippen LogP contribution in [0.3, 0.4) is 0 Å². The zero-order chi connectivity index (χ0) is 21.6. The van der Waals surface area contributed by atoms with Gasteiger partial charge in [0.05, 0.1) is 17.6 Å². The van der Waals surface area contributed by atoms with Gasteiger partial charge in [-0.1, -0.05) is 12.1 Å². The van der Waals surface area contributed by atoms with Crippen molar-refractivity contribution in [2.24, 2.45) is 0 Å². The lowest BCUT2D eigenvalue weighted by Gasteiger charge is -2.10. The molecule has 1 N–H and O–H groups in total. The molecule has 0 unspecified atom stereocenters. The molecule has 0 fully saturated rings. The van der Waals surface area contributed by atoms with Gasteiger partial charge in [-0.3, -0.25) is 14.9 Å². The summed E-state index contributed by atoms with van der Waals surface area (Å²) in [5.41, 5.74) is -0.178. The molecule has 0 bridgehead atoms. The highest BCUT2D eigenvalue weighted by atomic mass is 19.4. The van der Waals surface area contributed by atoms with Crippen molar-refractivity contribution in [1.82, 2.24) is 5.32 Å². The van der Waals surface area contributed by atoms with E-state index in [4.69, 9.17) is 0 Å². The molecule has 0 aliphatic rings. The van der Waals surface area contributed by atoms with Gasteiger partial charge in [0.2, 0.25) is 0 Å². The fourth-order valence-corrected chi connectivity index (χ4v) is 2.24. The van der Waals surface area contributed by atoms with Gasteiger partial charge < -0.3 is 14.8 Å². The summed E-state index contributed by atoms with van der Waals surface area (Å²) in [7, 11) is 1.10. The van der Waals surface area contributed by atoms with E-state index in [1.54, 1.807) is 0 Å². The highest BCUT2D eigenvalue weighted by Crippen LogP contribution is 2.20. The van der Waals surface area contributed by atoms with Gasteiger partial charge in [-0.05, 0) is 23.8 Å². The number of non-ortho nitro benzene ring substituents is 1. The number of nitro groups is 1. The van der Waals surface area contributed by atoms with E-state index in [0.717, 1.165) is 25.3 Å². The SMILES string of the molecule is COC(=O)c1cc(C(=O)NCc2ccc(OCC(F)(F)F)cc2)cc([N+](=O)[O-])c1. The summed E-state index contributed by atoms with van der Waals surface area (Å²) in [6.45, 7) is -1.42. The van der Waals surface area contributed by atoms with Gasteiger partial charge >= 0.3 is 12.1 Å². The number of carbonyl (C=O) groups excluding carboxylic acids is 2. The minimum absolute atomic E-state index is 0.00532. The molecule has 0 aliphatic heterocycles. The van der Waals surface area contributed by atoms with Gasteiger partial charge in [0.1, 0.15) is 5.75 Å². The Morgan fingerprint density at radius 2 is 1.72 bits per heavy atom. The van der Waals surface area contributed by atoms with E-state index in [2.05, 4.69) is 14.8 Å². The number of hydrogen-bond donors (Lipinski definition) is 1. The highest BCUT2D eigenvalue weighted by molar-refractivity contribution is 5.98. The number of amides is 1. The maximum atomic E-state index is 12.3. The number of alkyl halides is 3. The van der Waals surface area contributed by atoms with E-state index >= 15 is 0 Å².